The van der Waals surface area contributed by atoms with E-state index < -0.39 is 0 Å². The highest BCUT2D eigenvalue weighted by Gasteiger charge is 2.21. The third-order valence-electron chi connectivity index (χ3n) is 2.45. The fraction of sp³-hybridized carbons (Fsp3) is 0.500. The van der Waals surface area contributed by atoms with Gasteiger partial charge in [0.25, 0.3) is 0 Å². The SMILES string of the molecule is O=C(Cc1csc(Cl)c1)C1CCCN1. The highest BCUT2D eigenvalue weighted by atomic mass is 35.5. The molecule has 1 aromatic rings. The number of hydrogen-bond donors (Lipinski definition) is 1. The quantitative estimate of drug-likeness (QED) is 0.862. The van der Waals surface area contributed by atoms with Gasteiger partial charge in [0.05, 0.1) is 10.4 Å². The maximum absolute atomic E-state index is 11.7. The summed E-state index contributed by atoms with van der Waals surface area (Å²) in [6, 6.07) is 1.95. The van der Waals surface area contributed by atoms with E-state index in [1.165, 1.54) is 11.3 Å². The highest BCUT2D eigenvalue weighted by Crippen LogP contribution is 2.21. The zero-order valence-corrected chi connectivity index (χ0v) is 9.33. The monoisotopic (exact) mass is 229 g/mol. The van der Waals surface area contributed by atoms with Crippen molar-refractivity contribution in [3.05, 3.63) is 21.3 Å². The van der Waals surface area contributed by atoms with Crippen LogP contribution in [0, 0.1) is 0 Å². The van der Waals surface area contributed by atoms with Crippen LogP contribution in [0.2, 0.25) is 4.34 Å². The number of rotatable bonds is 3. The van der Waals surface area contributed by atoms with E-state index in [-0.39, 0.29) is 11.8 Å². The molecule has 0 saturated carbocycles. The van der Waals surface area contributed by atoms with Gasteiger partial charge in [0, 0.05) is 6.42 Å². The Kier molecular flexibility index (Phi) is 3.21. The Labute approximate surface area is 92.3 Å². The summed E-state index contributed by atoms with van der Waals surface area (Å²) in [6.07, 6.45) is 2.61. The molecule has 1 N–H and O–H groups in total. The molecule has 2 nitrogen and oxygen atoms in total. The van der Waals surface area contributed by atoms with E-state index in [1.54, 1.807) is 0 Å². The maximum atomic E-state index is 11.7. The van der Waals surface area contributed by atoms with Gasteiger partial charge in [-0.2, -0.15) is 0 Å². The van der Waals surface area contributed by atoms with E-state index in [9.17, 15) is 4.79 Å². The molecule has 4 heteroatoms. The van der Waals surface area contributed by atoms with Gasteiger partial charge in [-0.05, 0) is 36.4 Å². The number of thiophene rings is 1. The standard InChI is InChI=1S/C10H12ClNOS/c11-10-5-7(6-14-10)4-9(13)8-2-1-3-12-8/h5-6,8,12H,1-4H2. The zero-order valence-electron chi connectivity index (χ0n) is 7.75. The number of nitrogens with one attached hydrogen (secondary N) is 1. The predicted molar refractivity (Wildman–Crippen MR) is 59.1 cm³/mol. The van der Waals surface area contributed by atoms with Crippen molar-refractivity contribution in [3.8, 4) is 0 Å². The summed E-state index contributed by atoms with van der Waals surface area (Å²) < 4.78 is 0.757. The Hall–Kier alpha value is -0.380. The van der Waals surface area contributed by atoms with Gasteiger partial charge in [-0.3, -0.25) is 4.79 Å². The molecule has 2 heterocycles. The van der Waals surface area contributed by atoms with Gasteiger partial charge < -0.3 is 5.32 Å². The lowest BCUT2D eigenvalue weighted by Crippen LogP contribution is -2.31. The van der Waals surface area contributed by atoms with Crippen molar-refractivity contribution in [1.82, 2.24) is 5.32 Å². The average Bonchev–Trinajstić information content (AvgIpc) is 2.75. The second kappa shape index (κ2) is 4.43. The Morgan fingerprint density at radius 2 is 2.57 bits per heavy atom. The first-order valence-electron chi connectivity index (χ1n) is 4.75. The fourth-order valence-corrected chi connectivity index (χ4v) is 2.63. The van der Waals surface area contributed by atoms with Gasteiger partial charge in [0.1, 0.15) is 0 Å². The molecule has 76 valence electrons. The summed E-state index contributed by atoms with van der Waals surface area (Å²) in [7, 11) is 0. The van der Waals surface area contributed by atoms with E-state index in [0.29, 0.717) is 6.42 Å². The van der Waals surface area contributed by atoms with Gasteiger partial charge in [0.15, 0.2) is 5.78 Å². The number of ketones is 1. The molecule has 1 aromatic heterocycles. The van der Waals surface area contributed by atoms with Crippen LogP contribution in [0.1, 0.15) is 18.4 Å². The fourth-order valence-electron chi connectivity index (χ4n) is 1.72. The van der Waals surface area contributed by atoms with Crippen molar-refractivity contribution in [2.75, 3.05) is 6.54 Å². The molecule has 1 fully saturated rings. The topological polar surface area (TPSA) is 29.1 Å². The molecule has 0 aromatic carbocycles. The largest absolute Gasteiger partial charge is 0.307 e. The van der Waals surface area contributed by atoms with Crippen molar-refractivity contribution in [1.29, 1.82) is 0 Å². The Morgan fingerprint density at radius 1 is 1.71 bits per heavy atom. The maximum Gasteiger partial charge on any atom is 0.154 e. The minimum atomic E-state index is 0.0775. The van der Waals surface area contributed by atoms with Crippen molar-refractivity contribution in [3.63, 3.8) is 0 Å². The van der Waals surface area contributed by atoms with Crippen LogP contribution in [0.4, 0.5) is 0 Å². The normalized spacial score (nSPS) is 21.4. The predicted octanol–water partition coefficient (Wildman–Crippen LogP) is 2.27. The zero-order chi connectivity index (χ0) is 9.97. The smallest absolute Gasteiger partial charge is 0.154 e. The number of carbonyl (C=O) groups excluding carboxylic acids is 1. The molecular formula is C10H12ClNOS. The highest BCUT2D eigenvalue weighted by molar-refractivity contribution is 7.14. The molecule has 0 radical (unpaired) electrons. The molecule has 0 bridgehead atoms. The molecule has 1 saturated heterocycles. The van der Waals surface area contributed by atoms with Gasteiger partial charge >= 0.3 is 0 Å². The van der Waals surface area contributed by atoms with Crippen molar-refractivity contribution in [2.24, 2.45) is 0 Å². The Bertz CT molecular complexity index is 331. The summed E-state index contributed by atoms with van der Waals surface area (Å²) in [5, 5.41) is 5.16. The van der Waals surface area contributed by atoms with Crippen LogP contribution >= 0.6 is 22.9 Å². The number of halogens is 1. The number of hydrogen-bond acceptors (Lipinski definition) is 3. The minimum absolute atomic E-state index is 0.0775. The molecule has 1 aliphatic heterocycles. The van der Waals surface area contributed by atoms with Crippen LogP contribution in [-0.4, -0.2) is 18.4 Å². The molecule has 14 heavy (non-hydrogen) atoms. The second-order valence-corrected chi connectivity index (χ2v) is 5.09. The number of Topliss-reactive ketones (excluding diaryl/α,β-unsaturated/α-hetero) is 1. The third-order valence-corrected chi connectivity index (χ3v) is 3.59. The number of carbonyl (C=O) groups is 1. The molecule has 0 spiro atoms. The van der Waals surface area contributed by atoms with Crippen LogP contribution in [0.15, 0.2) is 11.4 Å². The summed E-state index contributed by atoms with van der Waals surface area (Å²) in [5.41, 5.74) is 1.04. The first kappa shape index (κ1) is 10.1. The van der Waals surface area contributed by atoms with Gasteiger partial charge in [0.2, 0.25) is 0 Å². The van der Waals surface area contributed by atoms with E-state index in [0.717, 1.165) is 29.3 Å². The molecule has 1 atom stereocenters. The van der Waals surface area contributed by atoms with Crippen LogP contribution in [-0.2, 0) is 11.2 Å². The third kappa shape index (κ3) is 2.35. The van der Waals surface area contributed by atoms with E-state index in [4.69, 9.17) is 11.6 Å². The van der Waals surface area contributed by atoms with Gasteiger partial charge in [-0.1, -0.05) is 11.6 Å². The van der Waals surface area contributed by atoms with Crippen LogP contribution < -0.4 is 5.32 Å². The molecule has 0 aliphatic carbocycles. The van der Waals surface area contributed by atoms with Crippen molar-refractivity contribution < 1.29 is 4.79 Å². The van der Waals surface area contributed by atoms with Crippen molar-refractivity contribution in [2.45, 2.75) is 25.3 Å². The van der Waals surface area contributed by atoms with Gasteiger partial charge in [-0.15, -0.1) is 11.3 Å². The first-order valence-corrected chi connectivity index (χ1v) is 6.00. The lowest BCUT2D eigenvalue weighted by Gasteiger charge is -2.07. The molecule has 1 unspecified atom stereocenters. The van der Waals surface area contributed by atoms with Crippen LogP contribution in [0.5, 0.6) is 0 Å². The molecule has 1 aliphatic rings. The Balaban J connectivity index is 1.93. The lowest BCUT2D eigenvalue weighted by molar-refractivity contribution is -0.120. The average molecular weight is 230 g/mol. The summed E-state index contributed by atoms with van der Waals surface area (Å²) in [4.78, 5) is 11.7. The van der Waals surface area contributed by atoms with Crippen LogP contribution in [0.25, 0.3) is 0 Å². The molecule has 0 amide bonds. The molecule has 2 rings (SSSR count). The summed E-state index contributed by atoms with van der Waals surface area (Å²) in [6.45, 7) is 0.973. The van der Waals surface area contributed by atoms with Crippen molar-refractivity contribution >= 4 is 28.7 Å². The van der Waals surface area contributed by atoms with E-state index in [1.807, 2.05) is 11.4 Å². The van der Waals surface area contributed by atoms with E-state index >= 15 is 0 Å². The summed E-state index contributed by atoms with van der Waals surface area (Å²) in [5.74, 6) is 0.289. The Morgan fingerprint density at radius 3 is 3.14 bits per heavy atom. The first-order chi connectivity index (χ1) is 6.75. The second-order valence-electron chi connectivity index (χ2n) is 3.55. The summed E-state index contributed by atoms with van der Waals surface area (Å²) >= 11 is 7.28. The minimum Gasteiger partial charge on any atom is -0.307 e. The van der Waals surface area contributed by atoms with E-state index in [2.05, 4.69) is 5.32 Å². The molecular weight excluding hydrogens is 218 g/mol. The van der Waals surface area contributed by atoms with Crippen LogP contribution in [0.3, 0.4) is 0 Å². The van der Waals surface area contributed by atoms with Gasteiger partial charge in [-0.25, -0.2) is 0 Å². The lowest BCUT2D eigenvalue weighted by atomic mass is 10.1.